The number of hydrogen-bond donors (Lipinski definition) is 11. The van der Waals surface area contributed by atoms with Crippen LogP contribution in [0, 0.1) is 0 Å². The molecule has 4 aromatic carbocycles. The first-order valence-electron chi connectivity index (χ1n) is 33.9. The minimum Gasteiger partial charge on any atom is -1.00 e. The maximum absolute atomic E-state index is 13.0. The molecule has 8 bridgehead atoms. The Balaban J connectivity index is 0.00000209. The number of nitrogens with zero attached hydrogens (tertiary/aromatic N) is 6. The molecule has 1 radical (unpaired) electrons. The third-order valence-electron chi connectivity index (χ3n) is 17.4. The summed E-state index contributed by atoms with van der Waals surface area (Å²) in [7, 11) is 0. The molecule has 551 valence electrons. The molecule has 2 aliphatic heterocycles. The van der Waals surface area contributed by atoms with E-state index in [1.165, 1.54) is 0 Å². The maximum Gasteiger partial charge on any atom is 3.00 e. The van der Waals surface area contributed by atoms with Gasteiger partial charge in [0.15, 0.2) is 51.0 Å². The summed E-state index contributed by atoms with van der Waals surface area (Å²) in [5, 5.41) is 54.1. The fraction of sp³-hybridized carbons (Fsp3) is 0.110. The second-order valence-electron chi connectivity index (χ2n) is 25.0. The van der Waals surface area contributed by atoms with Crippen LogP contribution in [0.2, 0.25) is 0 Å². The summed E-state index contributed by atoms with van der Waals surface area (Å²) in [5.41, 5.74) is 15.5. The largest absolute Gasteiger partial charge is 3.00 e. The number of amides is 4. The minimum atomic E-state index is -1.16. The van der Waals surface area contributed by atoms with Gasteiger partial charge in [-0.05, 0) is 121 Å². The van der Waals surface area contributed by atoms with Crippen LogP contribution in [0.25, 0.3) is 91.4 Å². The number of carbonyl (C=O) groups is 9. The number of fused-ring (bicyclic) bond motifs is 8. The van der Waals surface area contributed by atoms with Gasteiger partial charge in [-0.1, -0.05) is 48.5 Å². The molecule has 28 heteroatoms. The Kier molecular flexibility index (Phi) is 25.9. The smallest absolute Gasteiger partial charge is 1.00 e. The zero-order chi connectivity index (χ0) is 76.0. The van der Waals surface area contributed by atoms with Gasteiger partial charge in [-0.2, -0.15) is 18.3 Å². The zero-order valence-electron chi connectivity index (χ0n) is 58.6. The van der Waals surface area contributed by atoms with Gasteiger partial charge in [0.25, 0.3) is 29.6 Å². The van der Waals surface area contributed by atoms with Crippen LogP contribution in [0.15, 0.2) is 219 Å². The molecular weight excluding hydrogens is 1510 g/mol. The summed E-state index contributed by atoms with van der Waals surface area (Å²) < 4.78 is 8.35. The van der Waals surface area contributed by atoms with Gasteiger partial charge in [-0.3, -0.25) is 43.2 Å². The fourth-order valence-corrected chi connectivity index (χ4v) is 12.5. The van der Waals surface area contributed by atoms with Crippen LogP contribution in [-0.4, -0.2) is 125 Å². The number of pyridine rings is 4. The number of carbonyl (C=O) groups excluding carboxylic acids is 4. The van der Waals surface area contributed by atoms with Crippen molar-refractivity contribution in [3.63, 3.8) is 0 Å². The van der Waals surface area contributed by atoms with Crippen molar-refractivity contribution in [2.45, 2.75) is 33.1 Å². The Morgan fingerprint density at radius 2 is 0.518 bits per heavy atom. The van der Waals surface area contributed by atoms with Gasteiger partial charge in [0, 0.05) is 100.0 Å². The van der Waals surface area contributed by atoms with E-state index in [9.17, 15) is 58.8 Å². The molecule has 0 aliphatic carbocycles. The average molecular weight is 1580 g/mol. The first-order chi connectivity index (χ1) is 52.2. The van der Waals surface area contributed by atoms with Crippen LogP contribution in [-0.2, 0) is 67.2 Å². The summed E-state index contributed by atoms with van der Waals surface area (Å²) in [5.74, 6) is -7.59. The molecule has 13 rings (SSSR count). The maximum atomic E-state index is 13.0. The van der Waals surface area contributed by atoms with E-state index in [0.29, 0.717) is 116 Å². The number of halogens is 1. The first-order valence-corrected chi connectivity index (χ1v) is 33.9. The number of carboxylic acid groups (broad SMARTS) is 5. The van der Waals surface area contributed by atoms with Gasteiger partial charge < -0.3 is 73.7 Å². The Bertz CT molecular complexity index is 4960. The molecule has 26 nitrogen and oxygen atoms in total. The Morgan fingerprint density at radius 1 is 0.318 bits per heavy atom. The summed E-state index contributed by atoms with van der Waals surface area (Å²) in [4.78, 5) is 125. The quantitative estimate of drug-likeness (QED) is 0.0279. The van der Waals surface area contributed by atoms with Crippen LogP contribution < -0.4 is 56.5 Å². The Hall–Kier alpha value is -13.7. The number of H-pyrrole nitrogens is 2. The molecular formula is C82H70BrFeN12O14+6. The molecule has 11 N–H and O–H groups in total. The molecule has 0 fully saturated rings. The van der Waals surface area contributed by atoms with Crippen LogP contribution in [0.4, 0.5) is 0 Å². The molecule has 0 saturated carbocycles. The third-order valence-corrected chi connectivity index (χ3v) is 17.4. The van der Waals surface area contributed by atoms with E-state index in [2.05, 4.69) is 49.5 Å². The standard InChI is InChI=1S/C80H62N12O12.C2H4O2.BrH.Fe/c93-69(94)41-81-77(101)53-21-13-49(14-22-53)45-89-37-5-1-9-65(89)73-57-29-31-59(85-57)74(66-10-2-6-38-90(66)46-50-15-23-54(24-16-50)78(102)82-42-70(95)96)61-33-35-63(87-61)76(68-12-4-8-40-92(68)48-52-19-27-56(28-20-52)80(104)84-44-72(99)100)64-36-34-62(88-64)75(60-32-30-58(73)86-60)67-11-3-7-39-91(67)47-51-17-25-55(26-18-51)79(103)83-43-71(97)98;1-2(3)4;;/h1-40H,41-48H2,(H6-3,81,82,83,84,85,86,87,88,93,94,95,96,97,98,99,100,101,102,103,104);1H3,(H,3,4);1H;/q;;;+3/p+3. The van der Waals surface area contributed by atoms with E-state index in [0.717, 1.165) is 52.0 Å². The Labute approximate surface area is 648 Å². The van der Waals surface area contributed by atoms with Crippen LogP contribution in [0.5, 0.6) is 0 Å². The predicted octanol–water partition coefficient (Wildman–Crippen LogP) is 5.02. The van der Waals surface area contributed by atoms with Crippen LogP contribution in [0.3, 0.4) is 0 Å². The third kappa shape index (κ3) is 19.3. The number of aliphatic carboxylic acids is 5. The van der Waals surface area contributed by atoms with Gasteiger partial charge in [0.1, 0.15) is 26.2 Å². The number of hydrogen-bond acceptors (Lipinski definition) is 11. The summed E-state index contributed by atoms with van der Waals surface area (Å²) in [6, 6.07) is 59.4. The van der Waals surface area contributed by atoms with Gasteiger partial charge in [0.2, 0.25) is 22.8 Å². The van der Waals surface area contributed by atoms with Gasteiger partial charge in [-0.25, -0.2) is 9.97 Å². The average Bonchev–Trinajstić information content (AvgIpc) is 1.61. The molecule has 0 saturated heterocycles. The summed E-state index contributed by atoms with van der Waals surface area (Å²) >= 11 is 0. The molecule has 110 heavy (non-hydrogen) atoms. The molecule has 7 aromatic heterocycles. The van der Waals surface area contributed by atoms with Crippen molar-refractivity contribution >= 4 is 99.8 Å². The summed E-state index contributed by atoms with van der Waals surface area (Å²) in [6.07, 6.45) is 15.8. The second-order valence-corrected chi connectivity index (χ2v) is 25.0. The van der Waals surface area contributed by atoms with Crippen molar-refractivity contribution in [1.82, 2.24) is 41.2 Å². The molecule has 0 spiro atoms. The number of carboxylic acids is 5. The number of aromatic amines is 2. The van der Waals surface area contributed by atoms with E-state index >= 15 is 0 Å². The number of rotatable bonds is 24. The minimum absolute atomic E-state index is 0. The molecule has 4 amide bonds. The van der Waals surface area contributed by atoms with Crippen LogP contribution >= 0.6 is 0 Å². The second kappa shape index (κ2) is 36.1. The van der Waals surface area contributed by atoms with Crippen molar-refractivity contribution in [2.75, 3.05) is 26.2 Å². The SMILES string of the molecule is CC(=O)O.O=C(O)CNC(=O)c1ccc(C[n+]2ccccc2-c2c3nc(c(-c4cccc[n+]4Cc4ccc(C(=O)NCC(=O)O)cc4)c4ccc([nH]4)c(-c4cccc[n+]4Cc4ccc(C(=O)NCC(=O)O)cc4)c4nc(c(-c5cccc[n+]5Cc5ccc(C(=O)NCC(=O)O)cc5)c5ccc2[nH]5)C=C4)C=C3)cc1.[Br-].[Fe+3]. The molecule has 2 aliphatic rings. The number of nitrogens with one attached hydrogen (secondary N) is 6. The van der Waals surface area contributed by atoms with E-state index in [1.54, 1.807) is 48.5 Å². The normalized spacial score (nSPS) is 11.0. The fourth-order valence-electron chi connectivity index (χ4n) is 12.5. The first kappa shape index (κ1) is 78.9. The van der Waals surface area contributed by atoms with E-state index in [4.69, 9.17) is 19.9 Å². The zero-order valence-corrected chi connectivity index (χ0v) is 61.3. The van der Waals surface area contributed by atoms with E-state index < -0.39 is 79.7 Å². The number of aromatic nitrogens is 8. The number of benzene rings is 4. The molecule has 9 heterocycles. The van der Waals surface area contributed by atoms with E-state index in [-0.39, 0.29) is 34.1 Å². The molecule has 0 unspecified atom stereocenters. The van der Waals surface area contributed by atoms with Crippen LogP contribution in [0.1, 0.15) is 93.4 Å². The monoisotopic (exact) mass is 1580 g/mol. The van der Waals surface area contributed by atoms with Crippen molar-refractivity contribution in [3.8, 4) is 45.0 Å². The predicted molar refractivity (Wildman–Crippen MR) is 397 cm³/mol. The van der Waals surface area contributed by atoms with Gasteiger partial charge >= 0.3 is 40.9 Å². The van der Waals surface area contributed by atoms with E-state index in [1.807, 2.05) is 195 Å². The van der Waals surface area contributed by atoms with Crippen molar-refractivity contribution in [1.29, 1.82) is 0 Å². The topological polar surface area (TPSA) is 376 Å². The molecule has 11 aromatic rings. The van der Waals surface area contributed by atoms with Gasteiger partial charge in [-0.15, -0.1) is 0 Å². The Morgan fingerprint density at radius 3 is 0.709 bits per heavy atom. The van der Waals surface area contributed by atoms with Gasteiger partial charge in [0.05, 0.1) is 67.1 Å². The van der Waals surface area contributed by atoms with Crippen molar-refractivity contribution in [2.24, 2.45) is 0 Å². The summed E-state index contributed by atoms with van der Waals surface area (Å²) in [6.45, 7) is 0.279. The van der Waals surface area contributed by atoms with Crippen molar-refractivity contribution in [3.05, 3.63) is 286 Å². The molecule has 0 atom stereocenters. The van der Waals surface area contributed by atoms with Crippen molar-refractivity contribution < 1.29 is 121 Å².